The van der Waals surface area contributed by atoms with Crippen molar-refractivity contribution in [2.75, 3.05) is 18.4 Å². The average Bonchev–Trinajstić information content (AvgIpc) is 2.61. The van der Waals surface area contributed by atoms with Gasteiger partial charge >= 0.3 is 12.1 Å². The van der Waals surface area contributed by atoms with Gasteiger partial charge < -0.3 is 20.3 Å². The van der Waals surface area contributed by atoms with E-state index in [1.54, 1.807) is 11.1 Å². The normalized spacial score (nSPS) is 15.4. The lowest BCUT2D eigenvalue weighted by molar-refractivity contribution is 0.0202. The number of ether oxygens (including phenoxy) is 1. The number of pyridine rings is 1. The van der Waals surface area contributed by atoms with Gasteiger partial charge in [0, 0.05) is 30.7 Å². The number of likely N-dealkylation sites (tertiary alicyclic amines) is 1. The number of hydrogen-bond donors (Lipinski definition) is 2. The largest absolute Gasteiger partial charge is 0.444 e. The molecule has 1 aromatic carbocycles. The van der Waals surface area contributed by atoms with E-state index in [1.165, 1.54) is 0 Å². The van der Waals surface area contributed by atoms with Crippen LogP contribution in [-0.4, -0.2) is 46.7 Å². The molecule has 0 atom stereocenters. The van der Waals surface area contributed by atoms with Gasteiger partial charge in [-0.1, -0.05) is 18.2 Å². The predicted molar refractivity (Wildman–Crippen MR) is 105 cm³/mol. The van der Waals surface area contributed by atoms with E-state index in [0.717, 1.165) is 10.9 Å². The molecule has 0 aliphatic carbocycles. The number of piperidine rings is 1. The average molecular weight is 370 g/mol. The Morgan fingerprint density at radius 3 is 2.56 bits per heavy atom. The van der Waals surface area contributed by atoms with E-state index in [4.69, 9.17) is 4.74 Å². The maximum Gasteiger partial charge on any atom is 0.410 e. The summed E-state index contributed by atoms with van der Waals surface area (Å²) in [5.41, 5.74) is 0.935. The van der Waals surface area contributed by atoms with Crippen molar-refractivity contribution < 1.29 is 14.3 Å². The lowest BCUT2D eigenvalue weighted by atomic mass is 10.1. The van der Waals surface area contributed by atoms with Gasteiger partial charge in [0.05, 0.1) is 11.2 Å². The van der Waals surface area contributed by atoms with Crippen molar-refractivity contribution in [1.29, 1.82) is 0 Å². The van der Waals surface area contributed by atoms with Gasteiger partial charge in [-0.3, -0.25) is 4.98 Å². The molecule has 2 N–H and O–H groups in total. The number of anilines is 1. The molecule has 0 bridgehead atoms. The maximum absolute atomic E-state index is 12.4. The highest BCUT2D eigenvalue weighted by atomic mass is 16.6. The fraction of sp³-hybridized carbons (Fsp3) is 0.450. The Balaban J connectivity index is 1.52. The summed E-state index contributed by atoms with van der Waals surface area (Å²) in [7, 11) is 0. The first-order chi connectivity index (χ1) is 12.8. The number of carbonyl (C=O) groups excluding carboxylic acids is 2. The number of benzene rings is 1. The molecule has 0 saturated carbocycles. The summed E-state index contributed by atoms with van der Waals surface area (Å²) in [5.74, 6) is 0. The molecule has 7 nitrogen and oxygen atoms in total. The number of para-hydroxylation sites is 1. The molecule has 1 aliphatic rings. The predicted octanol–water partition coefficient (Wildman–Crippen LogP) is 3.76. The number of rotatable bonds is 2. The highest BCUT2D eigenvalue weighted by Crippen LogP contribution is 2.21. The van der Waals surface area contributed by atoms with Crippen molar-refractivity contribution in [3.63, 3.8) is 0 Å². The summed E-state index contributed by atoms with van der Waals surface area (Å²) in [6.07, 6.45) is 2.80. The second-order valence-corrected chi connectivity index (χ2v) is 7.72. The lowest BCUT2D eigenvalue weighted by Crippen LogP contribution is -2.48. The standard InChI is InChI=1S/C20H26N4O3/c1-20(2,3)27-19(26)24-12-9-15(10-13-24)22-18(25)23-16-8-4-6-14-7-5-11-21-17(14)16/h4-8,11,15H,9-10,12-13H2,1-3H3,(H2,22,23,25). The second-order valence-electron chi connectivity index (χ2n) is 7.72. The van der Waals surface area contributed by atoms with E-state index < -0.39 is 5.60 Å². The van der Waals surface area contributed by atoms with Crippen molar-refractivity contribution in [1.82, 2.24) is 15.2 Å². The van der Waals surface area contributed by atoms with Gasteiger partial charge in [0.15, 0.2) is 0 Å². The number of nitrogens with one attached hydrogen (secondary N) is 2. The number of urea groups is 1. The minimum Gasteiger partial charge on any atom is -0.444 e. The molecule has 1 aromatic heterocycles. The van der Waals surface area contributed by atoms with Crippen LogP contribution in [0.15, 0.2) is 36.5 Å². The number of carbonyl (C=O) groups is 2. The van der Waals surface area contributed by atoms with Crippen LogP contribution in [0, 0.1) is 0 Å². The zero-order valence-corrected chi connectivity index (χ0v) is 16.0. The van der Waals surface area contributed by atoms with E-state index in [9.17, 15) is 9.59 Å². The molecule has 1 fully saturated rings. The molecule has 144 valence electrons. The Bertz CT molecular complexity index is 818. The Kier molecular flexibility index (Phi) is 5.48. The van der Waals surface area contributed by atoms with Gasteiger partial charge in [-0.25, -0.2) is 9.59 Å². The van der Waals surface area contributed by atoms with Gasteiger partial charge in [0.25, 0.3) is 0 Å². The fourth-order valence-electron chi connectivity index (χ4n) is 3.08. The smallest absolute Gasteiger partial charge is 0.410 e. The second kappa shape index (κ2) is 7.82. The van der Waals surface area contributed by atoms with E-state index >= 15 is 0 Å². The zero-order valence-electron chi connectivity index (χ0n) is 16.0. The molecule has 27 heavy (non-hydrogen) atoms. The molecule has 2 aromatic rings. The Morgan fingerprint density at radius 1 is 1.15 bits per heavy atom. The molecule has 0 spiro atoms. The monoisotopic (exact) mass is 370 g/mol. The third-order valence-corrected chi connectivity index (χ3v) is 4.36. The van der Waals surface area contributed by atoms with Gasteiger partial charge in [0.1, 0.15) is 5.60 Å². The minimum atomic E-state index is -0.501. The quantitative estimate of drug-likeness (QED) is 0.843. The van der Waals surface area contributed by atoms with E-state index in [2.05, 4.69) is 15.6 Å². The molecule has 0 radical (unpaired) electrons. The van der Waals surface area contributed by atoms with Crippen LogP contribution in [-0.2, 0) is 4.74 Å². The van der Waals surface area contributed by atoms with Crippen molar-refractivity contribution in [2.24, 2.45) is 0 Å². The minimum absolute atomic E-state index is 0.0200. The number of amides is 3. The third kappa shape index (κ3) is 5.09. The van der Waals surface area contributed by atoms with Crippen LogP contribution in [0.1, 0.15) is 33.6 Å². The first-order valence-corrected chi connectivity index (χ1v) is 9.21. The van der Waals surface area contributed by atoms with Crippen LogP contribution in [0.3, 0.4) is 0 Å². The van der Waals surface area contributed by atoms with Gasteiger partial charge in [-0.05, 0) is 45.7 Å². The van der Waals surface area contributed by atoms with Crippen molar-refractivity contribution in [3.8, 4) is 0 Å². The van der Waals surface area contributed by atoms with Gasteiger partial charge in [-0.15, -0.1) is 0 Å². The lowest BCUT2D eigenvalue weighted by Gasteiger charge is -2.33. The van der Waals surface area contributed by atoms with Crippen molar-refractivity contribution in [2.45, 2.75) is 45.3 Å². The summed E-state index contributed by atoms with van der Waals surface area (Å²) in [6.45, 7) is 6.69. The first kappa shape index (κ1) is 18.9. The van der Waals surface area contributed by atoms with Crippen LogP contribution < -0.4 is 10.6 Å². The van der Waals surface area contributed by atoms with Crippen LogP contribution in [0.2, 0.25) is 0 Å². The molecule has 1 saturated heterocycles. The fourth-order valence-corrected chi connectivity index (χ4v) is 3.08. The van der Waals surface area contributed by atoms with Crippen LogP contribution in [0.5, 0.6) is 0 Å². The van der Waals surface area contributed by atoms with Crippen molar-refractivity contribution in [3.05, 3.63) is 36.5 Å². The maximum atomic E-state index is 12.4. The zero-order chi connectivity index (χ0) is 19.4. The number of hydrogen-bond acceptors (Lipinski definition) is 4. The van der Waals surface area contributed by atoms with E-state index in [0.29, 0.717) is 31.6 Å². The van der Waals surface area contributed by atoms with Crippen LogP contribution in [0.4, 0.5) is 15.3 Å². The Labute approximate surface area is 159 Å². The van der Waals surface area contributed by atoms with E-state index in [1.807, 2.05) is 51.1 Å². The molecule has 3 rings (SSSR count). The molecule has 7 heteroatoms. The molecule has 3 amide bonds. The number of nitrogens with zero attached hydrogens (tertiary/aromatic N) is 2. The van der Waals surface area contributed by atoms with Crippen LogP contribution in [0.25, 0.3) is 10.9 Å². The molecule has 0 unspecified atom stereocenters. The first-order valence-electron chi connectivity index (χ1n) is 9.21. The molecular weight excluding hydrogens is 344 g/mol. The third-order valence-electron chi connectivity index (χ3n) is 4.36. The number of aromatic nitrogens is 1. The molecular formula is C20H26N4O3. The summed E-state index contributed by atoms with van der Waals surface area (Å²) >= 11 is 0. The SMILES string of the molecule is CC(C)(C)OC(=O)N1CCC(NC(=O)Nc2cccc3cccnc23)CC1. The Morgan fingerprint density at radius 2 is 1.85 bits per heavy atom. The summed E-state index contributed by atoms with van der Waals surface area (Å²) in [5, 5.41) is 6.84. The summed E-state index contributed by atoms with van der Waals surface area (Å²) in [6, 6.07) is 9.26. The highest BCUT2D eigenvalue weighted by molar-refractivity contribution is 5.99. The topological polar surface area (TPSA) is 83.6 Å². The summed E-state index contributed by atoms with van der Waals surface area (Å²) in [4.78, 5) is 30.5. The van der Waals surface area contributed by atoms with Gasteiger partial charge in [-0.2, -0.15) is 0 Å². The van der Waals surface area contributed by atoms with E-state index in [-0.39, 0.29) is 18.2 Å². The number of fused-ring (bicyclic) bond motifs is 1. The van der Waals surface area contributed by atoms with Gasteiger partial charge in [0.2, 0.25) is 0 Å². The highest BCUT2D eigenvalue weighted by Gasteiger charge is 2.27. The molecule has 1 aliphatic heterocycles. The summed E-state index contributed by atoms with van der Waals surface area (Å²) < 4.78 is 5.39. The van der Waals surface area contributed by atoms with Crippen LogP contribution >= 0.6 is 0 Å². The van der Waals surface area contributed by atoms with Crippen molar-refractivity contribution >= 4 is 28.7 Å². The Hall–Kier alpha value is -2.83. The molecule has 2 heterocycles.